The SMILES string of the molecule is CNC(=O)C(N)CCC(=O)NCC(O)CN. The zero-order chi connectivity index (χ0) is 12.6. The van der Waals surface area contributed by atoms with Crippen LogP contribution in [-0.4, -0.2) is 49.2 Å². The van der Waals surface area contributed by atoms with E-state index in [-0.39, 0.29) is 37.7 Å². The summed E-state index contributed by atoms with van der Waals surface area (Å²) < 4.78 is 0. The molecule has 7 N–H and O–H groups in total. The highest BCUT2D eigenvalue weighted by molar-refractivity contribution is 5.82. The van der Waals surface area contributed by atoms with Crippen LogP contribution in [0.15, 0.2) is 0 Å². The first-order valence-corrected chi connectivity index (χ1v) is 5.13. The van der Waals surface area contributed by atoms with Gasteiger partial charge in [0, 0.05) is 26.6 Å². The van der Waals surface area contributed by atoms with E-state index in [2.05, 4.69) is 10.6 Å². The molecule has 0 radical (unpaired) electrons. The van der Waals surface area contributed by atoms with E-state index < -0.39 is 12.1 Å². The molecule has 2 unspecified atom stereocenters. The molecule has 0 saturated carbocycles. The van der Waals surface area contributed by atoms with E-state index in [1.165, 1.54) is 7.05 Å². The molecule has 94 valence electrons. The van der Waals surface area contributed by atoms with Gasteiger partial charge in [-0.3, -0.25) is 9.59 Å². The highest BCUT2D eigenvalue weighted by atomic mass is 16.3. The van der Waals surface area contributed by atoms with Crippen LogP contribution in [0.25, 0.3) is 0 Å². The van der Waals surface area contributed by atoms with Gasteiger partial charge in [0.15, 0.2) is 0 Å². The van der Waals surface area contributed by atoms with Crippen molar-refractivity contribution < 1.29 is 14.7 Å². The van der Waals surface area contributed by atoms with Crippen LogP contribution >= 0.6 is 0 Å². The molecule has 0 aromatic rings. The second-order valence-electron chi connectivity index (χ2n) is 3.45. The second kappa shape index (κ2) is 8.03. The lowest BCUT2D eigenvalue weighted by molar-refractivity contribution is -0.123. The van der Waals surface area contributed by atoms with Crippen LogP contribution in [0, 0.1) is 0 Å². The highest BCUT2D eigenvalue weighted by Crippen LogP contribution is 1.94. The third kappa shape index (κ3) is 6.33. The van der Waals surface area contributed by atoms with Crippen LogP contribution in [0.1, 0.15) is 12.8 Å². The molecule has 0 aliphatic heterocycles. The number of hydrogen-bond acceptors (Lipinski definition) is 5. The highest BCUT2D eigenvalue weighted by Gasteiger charge is 2.13. The minimum atomic E-state index is -0.739. The molecule has 0 fully saturated rings. The standard InChI is InChI=1S/C9H20N4O3/c1-12-9(16)7(11)2-3-8(15)13-5-6(14)4-10/h6-7,14H,2-5,10-11H2,1H3,(H,12,16)(H,13,15). The molecule has 2 atom stereocenters. The van der Waals surface area contributed by atoms with Crippen molar-refractivity contribution in [3.8, 4) is 0 Å². The predicted molar refractivity (Wildman–Crippen MR) is 59.3 cm³/mol. The van der Waals surface area contributed by atoms with E-state index in [0.29, 0.717) is 0 Å². The van der Waals surface area contributed by atoms with Crippen molar-refractivity contribution in [1.29, 1.82) is 0 Å². The molecule has 0 bridgehead atoms. The Morgan fingerprint density at radius 3 is 2.56 bits per heavy atom. The third-order valence-electron chi connectivity index (χ3n) is 2.07. The Labute approximate surface area is 94.6 Å². The van der Waals surface area contributed by atoms with Crippen molar-refractivity contribution in [3.63, 3.8) is 0 Å². The number of aliphatic hydroxyl groups excluding tert-OH is 1. The van der Waals surface area contributed by atoms with Gasteiger partial charge in [-0.05, 0) is 6.42 Å². The summed E-state index contributed by atoms with van der Waals surface area (Å²) in [7, 11) is 1.49. The molecule has 7 heteroatoms. The maximum absolute atomic E-state index is 11.2. The zero-order valence-electron chi connectivity index (χ0n) is 9.40. The molecular weight excluding hydrogens is 212 g/mol. The van der Waals surface area contributed by atoms with Gasteiger partial charge in [0.05, 0.1) is 12.1 Å². The van der Waals surface area contributed by atoms with Crippen molar-refractivity contribution in [2.75, 3.05) is 20.1 Å². The zero-order valence-corrected chi connectivity index (χ0v) is 9.40. The van der Waals surface area contributed by atoms with Gasteiger partial charge in [0.1, 0.15) is 0 Å². The van der Waals surface area contributed by atoms with E-state index in [0.717, 1.165) is 0 Å². The number of nitrogens with one attached hydrogen (secondary N) is 2. The number of hydrogen-bond donors (Lipinski definition) is 5. The summed E-state index contributed by atoms with van der Waals surface area (Å²) in [6.45, 7) is 0.211. The minimum Gasteiger partial charge on any atom is -0.390 e. The van der Waals surface area contributed by atoms with Crippen molar-refractivity contribution >= 4 is 11.8 Å². The lowest BCUT2D eigenvalue weighted by atomic mass is 10.1. The summed E-state index contributed by atoms with van der Waals surface area (Å²) in [6.07, 6.45) is -0.326. The Bertz CT molecular complexity index is 235. The fraction of sp³-hybridized carbons (Fsp3) is 0.778. The molecule has 0 rings (SSSR count). The number of carbonyl (C=O) groups is 2. The largest absolute Gasteiger partial charge is 0.390 e. The topological polar surface area (TPSA) is 130 Å². The summed E-state index contributed by atoms with van der Waals surface area (Å²) in [5.41, 5.74) is 10.7. The molecule has 0 spiro atoms. The fourth-order valence-corrected chi connectivity index (χ4v) is 1.01. The van der Waals surface area contributed by atoms with Crippen LogP contribution in [0.3, 0.4) is 0 Å². The van der Waals surface area contributed by atoms with Crippen molar-refractivity contribution in [1.82, 2.24) is 10.6 Å². The lowest BCUT2D eigenvalue weighted by Gasteiger charge is -2.11. The molecule has 16 heavy (non-hydrogen) atoms. The van der Waals surface area contributed by atoms with Gasteiger partial charge in [-0.15, -0.1) is 0 Å². The Morgan fingerprint density at radius 1 is 1.44 bits per heavy atom. The molecular formula is C9H20N4O3. The smallest absolute Gasteiger partial charge is 0.236 e. The van der Waals surface area contributed by atoms with Gasteiger partial charge >= 0.3 is 0 Å². The van der Waals surface area contributed by atoms with Gasteiger partial charge in [0.2, 0.25) is 11.8 Å². The number of likely N-dealkylation sites (N-methyl/N-ethyl adjacent to an activating group) is 1. The van der Waals surface area contributed by atoms with E-state index in [9.17, 15) is 9.59 Å². The van der Waals surface area contributed by atoms with Gasteiger partial charge < -0.3 is 27.2 Å². The van der Waals surface area contributed by atoms with Crippen LogP contribution in [0.4, 0.5) is 0 Å². The average Bonchev–Trinajstić information content (AvgIpc) is 2.31. The minimum absolute atomic E-state index is 0.0953. The molecule has 0 aliphatic carbocycles. The monoisotopic (exact) mass is 232 g/mol. The predicted octanol–water partition coefficient (Wildman–Crippen LogP) is -2.72. The number of rotatable bonds is 7. The van der Waals surface area contributed by atoms with Gasteiger partial charge in [-0.25, -0.2) is 0 Å². The number of amides is 2. The first kappa shape index (κ1) is 14.8. The Kier molecular flexibility index (Phi) is 7.44. The summed E-state index contributed by atoms with van der Waals surface area (Å²) in [5, 5.41) is 14.0. The van der Waals surface area contributed by atoms with Crippen LogP contribution < -0.4 is 22.1 Å². The van der Waals surface area contributed by atoms with Crippen LogP contribution in [-0.2, 0) is 9.59 Å². The van der Waals surface area contributed by atoms with Crippen molar-refractivity contribution in [3.05, 3.63) is 0 Å². The molecule has 0 saturated heterocycles. The second-order valence-corrected chi connectivity index (χ2v) is 3.45. The summed E-state index contributed by atoms with van der Waals surface area (Å²) >= 11 is 0. The van der Waals surface area contributed by atoms with Gasteiger partial charge in [-0.2, -0.15) is 0 Å². The maximum Gasteiger partial charge on any atom is 0.236 e. The van der Waals surface area contributed by atoms with Crippen molar-refractivity contribution in [2.24, 2.45) is 11.5 Å². The van der Waals surface area contributed by atoms with Crippen LogP contribution in [0.5, 0.6) is 0 Å². The molecule has 0 aromatic carbocycles. The molecule has 7 nitrogen and oxygen atoms in total. The lowest BCUT2D eigenvalue weighted by Crippen LogP contribution is -2.40. The average molecular weight is 232 g/mol. The molecule has 0 aliphatic rings. The first-order valence-electron chi connectivity index (χ1n) is 5.13. The first-order chi connectivity index (χ1) is 7.51. The maximum atomic E-state index is 11.2. The van der Waals surface area contributed by atoms with Crippen molar-refractivity contribution in [2.45, 2.75) is 25.0 Å². The molecule has 0 aromatic heterocycles. The normalized spacial score (nSPS) is 14.0. The fourth-order valence-electron chi connectivity index (χ4n) is 1.01. The summed E-state index contributed by atoms with van der Waals surface area (Å²) in [5.74, 6) is -0.554. The number of aliphatic hydroxyl groups is 1. The van der Waals surface area contributed by atoms with E-state index >= 15 is 0 Å². The Hall–Kier alpha value is -1.18. The van der Waals surface area contributed by atoms with E-state index in [1.807, 2.05) is 0 Å². The Balaban J connectivity index is 3.69. The Morgan fingerprint density at radius 2 is 2.06 bits per heavy atom. The van der Waals surface area contributed by atoms with E-state index in [4.69, 9.17) is 16.6 Å². The molecule has 0 heterocycles. The summed E-state index contributed by atoms with van der Waals surface area (Å²) in [6, 6.07) is -0.685. The number of carbonyl (C=O) groups excluding carboxylic acids is 2. The van der Waals surface area contributed by atoms with E-state index in [1.54, 1.807) is 0 Å². The number of nitrogens with two attached hydrogens (primary N) is 2. The molecule has 2 amide bonds. The van der Waals surface area contributed by atoms with Crippen LogP contribution in [0.2, 0.25) is 0 Å². The summed E-state index contributed by atoms with van der Waals surface area (Å²) in [4.78, 5) is 22.2. The van der Waals surface area contributed by atoms with Gasteiger partial charge in [0.25, 0.3) is 0 Å². The quantitative estimate of drug-likeness (QED) is 0.325. The third-order valence-corrected chi connectivity index (χ3v) is 2.07. The van der Waals surface area contributed by atoms with Gasteiger partial charge in [-0.1, -0.05) is 0 Å².